The maximum atomic E-state index is 12.2. The molecule has 2 aliphatic heterocycles. The molecular formula is C14H12N4O4S3. The quantitative estimate of drug-likeness (QED) is 0.472. The van der Waals surface area contributed by atoms with Crippen molar-refractivity contribution in [3.8, 4) is 5.75 Å². The zero-order chi connectivity index (χ0) is 18.2. The first-order valence-electron chi connectivity index (χ1n) is 6.81. The zero-order valence-corrected chi connectivity index (χ0v) is 15.5. The van der Waals surface area contributed by atoms with Crippen molar-refractivity contribution in [2.75, 3.05) is 12.5 Å². The van der Waals surface area contributed by atoms with E-state index < -0.39 is 16.0 Å². The fourth-order valence-electron chi connectivity index (χ4n) is 2.09. The molecule has 0 saturated carbocycles. The summed E-state index contributed by atoms with van der Waals surface area (Å²) in [4.78, 5) is 17.7. The second-order valence-electron chi connectivity index (χ2n) is 4.97. The number of amides is 1. The van der Waals surface area contributed by atoms with Crippen LogP contribution in [0.4, 0.5) is 0 Å². The standard InChI is InChI=1S/C14H12N4O4S3/c1-23-14-17-24-13-16-12(19)10(11(15)18(13)14)7-8-3-5-9(6-4-8)22-25(2,20)21/h3-7,15H,1-2H3/b10-7-,15-11?. The molecule has 1 aromatic rings. The van der Waals surface area contributed by atoms with Gasteiger partial charge in [0.1, 0.15) is 11.6 Å². The van der Waals surface area contributed by atoms with Crippen molar-refractivity contribution in [2.45, 2.75) is 0 Å². The molecule has 8 nitrogen and oxygen atoms in total. The number of nitrogens with zero attached hydrogens (tertiary/aromatic N) is 3. The molecule has 0 bridgehead atoms. The van der Waals surface area contributed by atoms with Crippen LogP contribution in [-0.4, -0.2) is 47.9 Å². The minimum Gasteiger partial charge on any atom is -0.383 e. The van der Waals surface area contributed by atoms with E-state index in [0.29, 0.717) is 15.9 Å². The number of hydrogen-bond donors (Lipinski definition) is 1. The highest BCUT2D eigenvalue weighted by molar-refractivity contribution is 8.18. The van der Waals surface area contributed by atoms with Gasteiger partial charge in [0.15, 0.2) is 5.17 Å². The van der Waals surface area contributed by atoms with E-state index in [-0.39, 0.29) is 17.2 Å². The fraction of sp³-hybridized carbons (Fsp3) is 0.143. The lowest BCUT2D eigenvalue weighted by atomic mass is 10.1. The molecule has 2 heterocycles. The fourth-order valence-corrected chi connectivity index (χ4v) is 4.01. The maximum Gasteiger partial charge on any atom is 0.306 e. The van der Waals surface area contributed by atoms with E-state index in [1.165, 1.54) is 34.9 Å². The van der Waals surface area contributed by atoms with E-state index in [9.17, 15) is 13.2 Å². The third-order valence-electron chi connectivity index (χ3n) is 3.12. The SMILES string of the molecule is CSC1=NSC2=NC(=O)/C(=C\c3ccc(OS(C)(=O)=O)cc3)C(=N)N12. The molecule has 0 radical (unpaired) electrons. The Labute approximate surface area is 152 Å². The number of aliphatic imine (C=N–C) groups is 1. The normalized spacial score (nSPS) is 19.0. The second kappa shape index (κ2) is 6.65. The van der Waals surface area contributed by atoms with Gasteiger partial charge in [-0.15, -0.1) is 0 Å². The molecule has 1 aromatic carbocycles. The van der Waals surface area contributed by atoms with Gasteiger partial charge in [-0.25, -0.2) is 4.90 Å². The molecule has 1 amide bonds. The van der Waals surface area contributed by atoms with E-state index in [0.717, 1.165) is 18.2 Å². The first-order chi connectivity index (χ1) is 11.8. The van der Waals surface area contributed by atoms with Gasteiger partial charge in [-0.2, -0.15) is 17.8 Å². The number of amidine groups is 3. The Kier molecular flexibility index (Phi) is 4.71. The van der Waals surface area contributed by atoms with E-state index in [1.807, 2.05) is 6.26 Å². The molecule has 3 rings (SSSR count). The van der Waals surface area contributed by atoms with Crippen molar-refractivity contribution in [2.24, 2.45) is 9.39 Å². The van der Waals surface area contributed by atoms with Gasteiger partial charge in [0.05, 0.1) is 23.8 Å². The van der Waals surface area contributed by atoms with Crippen LogP contribution in [0, 0.1) is 5.41 Å². The maximum absolute atomic E-state index is 12.2. The molecule has 0 aromatic heterocycles. The number of nitrogens with one attached hydrogen (secondary N) is 1. The molecule has 0 saturated heterocycles. The minimum atomic E-state index is -3.60. The number of carbonyl (C=O) groups excluding carboxylic acids is 1. The summed E-state index contributed by atoms with van der Waals surface area (Å²) < 4.78 is 31.2. The number of carbonyl (C=O) groups is 1. The first kappa shape index (κ1) is 17.7. The number of rotatable bonds is 3. The van der Waals surface area contributed by atoms with Crippen molar-refractivity contribution in [3.63, 3.8) is 0 Å². The lowest BCUT2D eigenvalue weighted by Crippen LogP contribution is -2.41. The average Bonchev–Trinajstić information content (AvgIpc) is 2.94. The van der Waals surface area contributed by atoms with Crippen LogP contribution in [0.25, 0.3) is 6.08 Å². The van der Waals surface area contributed by atoms with Crippen LogP contribution < -0.4 is 4.18 Å². The molecule has 2 aliphatic rings. The lowest BCUT2D eigenvalue weighted by molar-refractivity contribution is -0.114. The summed E-state index contributed by atoms with van der Waals surface area (Å²) in [5.41, 5.74) is 0.742. The lowest BCUT2D eigenvalue weighted by Gasteiger charge is -2.23. The molecule has 0 aliphatic carbocycles. The van der Waals surface area contributed by atoms with Crippen LogP contribution >= 0.6 is 23.7 Å². The van der Waals surface area contributed by atoms with Gasteiger partial charge >= 0.3 is 10.1 Å². The molecule has 0 atom stereocenters. The Morgan fingerprint density at radius 1 is 1.32 bits per heavy atom. The third kappa shape index (κ3) is 3.78. The summed E-state index contributed by atoms with van der Waals surface area (Å²) in [5.74, 6) is -0.343. The largest absolute Gasteiger partial charge is 0.383 e. The van der Waals surface area contributed by atoms with E-state index in [4.69, 9.17) is 9.59 Å². The topological polar surface area (TPSA) is 112 Å². The molecule has 0 unspecified atom stereocenters. The molecule has 25 heavy (non-hydrogen) atoms. The third-order valence-corrected chi connectivity index (χ3v) is 5.07. The van der Waals surface area contributed by atoms with Crippen LogP contribution in [0.1, 0.15) is 5.56 Å². The number of hydrogen-bond acceptors (Lipinski definition) is 8. The van der Waals surface area contributed by atoms with Crippen LogP contribution in [0.2, 0.25) is 0 Å². The van der Waals surface area contributed by atoms with Crippen molar-refractivity contribution < 1.29 is 17.4 Å². The van der Waals surface area contributed by atoms with E-state index >= 15 is 0 Å². The van der Waals surface area contributed by atoms with Gasteiger partial charge in [-0.1, -0.05) is 23.9 Å². The summed E-state index contributed by atoms with van der Waals surface area (Å²) in [7, 11) is -3.60. The zero-order valence-electron chi connectivity index (χ0n) is 13.1. The Hall–Kier alpha value is -2.11. The van der Waals surface area contributed by atoms with Crippen LogP contribution in [0.5, 0.6) is 5.75 Å². The average molecular weight is 396 g/mol. The van der Waals surface area contributed by atoms with Crippen molar-refractivity contribution in [3.05, 3.63) is 35.4 Å². The van der Waals surface area contributed by atoms with Crippen LogP contribution in [0.3, 0.4) is 0 Å². The predicted molar refractivity (Wildman–Crippen MR) is 100 cm³/mol. The van der Waals surface area contributed by atoms with E-state index in [1.54, 1.807) is 12.1 Å². The molecule has 1 N–H and O–H groups in total. The van der Waals surface area contributed by atoms with Gasteiger partial charge in [0.25, 0.3) is 5.91 Å². The van der Waals surface area contributed by atoms with Gasteiger partial charge < -0.3 is 4.18 Å². The summed E-state index contributed by atoms with van der Waals surface area (Å²) in [5, 5.41) is 9.25. The Bertz CT molecular complexity index is 949. The molecule has 0 spiro atoms. The smallest absolute Gasteiger partial charge is 0.306 e. The van der Waals surface area contributed by atoms with Crippen LogP contribution in [0.15, 0.2) is 39.2 Å². The first-order valence-corrected chi connectivity index (χ1v) is 10.6. The minimum absolute atomic E-state index is 0.00422. The van der Waals surface area contributed by atoms with Gasteiger partial charge in [-0.05, 0) is 30.0 Å². The Balaban J connectivity index is 1.89. The van der Waals surface area contributed by atoms with Crippen LogP contribution in [-0.2, 0) is 14.9 Å². The summed E-state index contributed by atoms with van der Waals surface area (Å²) in [6, 6.07) is 6.13. The number of thioether (sulfide) groups is 1. The second-order valence-corrected chi connectivity index (χ2v) is 8.05. The summed E-state index contributed by atoms with van der Waals surface area (Å²) >= 11 is 2.42. The van der Waals surface area contributed by atoms with Crippen molar-refractivity contribution in [1.82, 2.24) is 4.90 Å². The highest BCUT2D eigenvalue weighted by Crippen LogP contribution is 2.31. The number of benzene rings is 1. The van der Waals surface area contributed by atoms with Gasteiger partial charge in [0.2, 0.25) is 5.17 Å². The number of fused-ring (bicyclic) bond motifs is 1. The molecule has 130 valence electrons. The van der Waals surface area contributed by atoms with Gasteiger partial charge in [0, 0.05) is 0 Å². The Morgan fingerprint density at radius 3 is 2.60 bits per heavy atom. The van der Waals surface area contributed by atoms with Gasteiger partial charge in [-0.3, -0.25) is 10.2 Å². The van der Waals surface area contributed by atoms with Crippen molar-refractivity contribution in [1.29, 1.82) is 5.41 Å². The predicted octanol–water partition coefficient (Wildman–Crippen LogP) is 1.96. The highest BCUT2D eigenvalue weighted by Gasteiger charge is 2.36. The molecule has 11 heteroatoms. The highest BCUT2D eigenvalue weighted by atomic mass is 32.2. The summed E-state index contributed by atoms with van der Waals surface area (Å²) in [6.07, 6.45) is 4.31. The van der Waals surface area contributed by atoms with Crippen molar-refractivity contribution >= 4 is 62.0 Å². The molecular weight excluding hydrogens is 384 g/mol. The monoisotopic (exact) mass is 396 g/mol. The summed E-state index contributed by atoms with van der Waals surface area (Å²) in [6.45, 7) is 0. The Morgan fingerprint density at radius 2 is 2.00 bits per heavy atom. The van der Waals surface area contributed by atoms with E-state index in [2.05, 4.69) is 9.39 Å². The molecule has 0 fully saturated rings.